The lowest BCUT2D eigenvalue weighted by molar-refractivity contribution is -0.384. The van der Waals surface area contributed by atoms with Crippen LogP contribution < -0.4 is 10.3 Å². The lowest BCUT2D eigenvalue weighted by atomic mass is 9.86. The Labute approximate surface area is 259 Å². The number of hydrazine groups is 1. The number of imide groups is 1. The lowest BCUT2D eigenvalue weighted by Gasteiger charge is -2.41. The maximum atomic E-state index is 13.9. The van der Waals surface area contributed by atoms with Crippen LogP contribution >= 0.6 is 0 Å². The summed E-state index contributed by atoms with van der Waals surface area (Å²) in [7, 11) is 0. The number of nitro benzene ring substituents is 1. The number of carbonyl (C=O) groups excluding carboxylic acids is 3. The Hall–Kier alpha value is -4.26. The highest BCUT2D eigenvalue weighted by Gasteiger charge is 2.55. The number of hydrogen-bond acceptors (Lipinski definition) is 8. The number of benzene rings is 2. The molecular formula is C32H37F3N4O6. The fourth-order valence-electron chi connectivity index (χ4n) is 5.90. The quantitative estimate of drug-likeness (QED) is 0.0562. The predicted octanol–water partition coefficient (Wildman–Crippen LogP) is 6.93. The second-order valence-electron chi connectivity index (χ2n) is 11.3. The molecule has 0 aromatic heterocycles. The molecule has 242 valence electrons. The van der Waals surface area contributed by atoms with Gasteiger partial charge < -0.3 is 10.2 Å². The minimum absolute atomic E-state index is 0.0409. The molecule has 45 heavy (non-hydrogen) atoms. The van der Waals surface area contributed by atoms with Gasteiger partial charge in [-0.15, -0.1) is 13.2 Å². The molecule has 4 rings (SSSR count). The van der Waals surface area contributed by atoms with Crippen molar-refractivity contribution in [1.82, 2.24) is 5.01 Å². The molecule has 1 N–H and O–H groups in total. The number of ether oxygens (including phenoxy) is 1. The van der Waals surface area contributed by atoms with Crippen LogP contribution in [0.4, 0.5) is 30.2 Å². The zero-order valence-corrected chi connectivity index (χ0v) is 24.9. The number of unbranched alkanes of at least 4 members (excludes halogenated alkanes) is 7. The molecule has 0 spiro atoms. The predicted molar refractivity (Wildman–Crippen MR) is 161 cm³/mol. The first-order valence-corrected chi connectivity index (χ1v) is 15.2. The molecule has 3 unspecified atom stereocenters. The van der Waals surface area contributed by atoms with Crippen molar-refractivity contribution in [1.29, 1.82) is 0 Å². The smallest absolute Gasteiger partial charge is 0.373 e. The standard InChI is InChI=1S/C32H37F3N4O6/c1-2-3-4-5-6-7-8-12-15-25(31(42)45-32(33,34)35)27-21-20-26-28(30(41)37(29(26)40)23-13-10-9-11-14-23)38(27)36-22-16-18-24(19-17-22)39(43)44/h9-11,13-14,16-21,25-28,36H,2-8,12,15H2,1H3/t25?,26?,27?,28-/m0/s1. The molecule has 2 aliphatic rings. The number of nitro groups is 1. The molecule has 0 radical (unpaired) electrons. The molecule has 0 saturated carbocycles. The van der Waals surface area contributed by atoms with Gasteiger partial charge in [0, 0.05) is 17.8 Å². The van der Waals surface area contributed by atoms with Crippen LogP contribution in [0.2, 0.25) is 0 Å². The van der Waals surface area contributed by atoms with E-state index in [1.165, 1.54) is 41.4 Å². The summed E-state index contributed by atoms with van der Waals surface area (Å²) in [5, 5.41) is 12.5. The largest absolute Gasteiger partial charge is 0.575 e. The molecule has 2 aliphatic heterocycles. The summed E-state index contributed by atoms with van der Waals surface area (Å²) >= 11 is 0. The third-order valence-corrected chi connectivity index (χ3v) is 8.11. The first-order valence-electron chi connectivity index (χ1n) is 15.2. The highest BCUT2D eigenvalue weighted by Crippen LogP contribution is 2.38. The molecule has 13 heteroatoms. The summed E-state index contributed by atoms with van der Waals surface area (Å²) in [5.74, 6) is -5.00. The minimum Gasteiger partial charge on any atom is -0.373 e. The number of non-ortho nitro benzene ring substituents is 1. The number of alkyl halides is 3. The maximum absolute atomic E-state index is 13.9. The third kappa shape index (κ3) is 8.47. The Bertz CT molecular complexity index is 1370. The highest BCUT2D eigenvalue weighted by atomic mass is 19.4. The van der Waals surface area contributed by atoms with E-state index < -0.39 is 53.0 Å². The van der Waals surface area contributed by atoms with Crippen LogP contribution in [0.1, 0.15) is 64.7 Å². The number of nitrogens with one attached hydrogen (secondary N) is 1. The zero-order valence-electron chi connectivity index (χ0n) is 24.9. The van der Waals surface area contributed by atoms with Gasteiger partial charge in [0.1, 0.15) is 6.04 Å². The number of rotatable bonds is 15. The van der Waals surface area contributed by atoms with Crippen LogP contribution in [0, 0.1) is 22.0 Å². The van der Waals surface area contributed by atoms with Gasteiger partial charge >= 0.3 is 12.3 Å². The molecule has 10 nitrogen and oxygen atoms in total. The number of fused-ring (bicyclic) bond motifs is 1. The molecule has 4 atom stereocenters. The molecule has 1 saturated heterocycles. The van der Waals surface area contributed by atoms with E-state index in [9.17, 15) is 37.7 Å². The summed E-state index contributed by atoms with van der Waals surface area (Å²) in [6, 6.07) is 11.1. The number of carbonyl (C=O) groups is 3. The van der Waals surface area contributed by atoms with Gasteiger partial charge in [-0.25, -0.2) is 9.91 Å². The number of nitrogens with zero attached hydrogens (tertiary/aromatic N) is 3. The van der Waals surface area contributed by atoms with Crippen molar-refractivity contribution in [2.75, 3.05) is 10.3 Å². The molecule has 2 aromatic rings. The van der Waals surface area contributed by atoms with Gasteiger partial charge in [0.25, 0.3) is 11.6 Å². The van der Waals surface area contributed by atoms with Crippen LogP contribution in [-0.4, -0.2) is 46.2 Å². The second kappa shape index (κ2) is 15.2. The Kier molecular flexibility index (Phi) is 11.3. The number of hydrogen-bond donors (Lipinski definition) is 1. The van der Waals surface area contributed by atoms with Crippen molar-refractivity contribution in [3.63, 3.8) is 0 Å². The average Bonchev–Trinajstić information content (AvgIpc) is 3.26. The van der Waals surface area contributed by atoms with E-state index in [0.29, 0.717) is 18.5 Å². The van der Waals surface area contributed by atoms with E-state index in [1.807, 2.05) is 0 Å². The molecule has 0 aliphatic carbocycles. The Morgan fingerprint density at radius 1 is 0.933 bits per heavy atom. The molecule has 1 fully saturated rings. The van der Waals surface area contributed by atoms with E-state index >= 15 is 0 Å². The topological polar surface area (TPSA) is 122 Å². The van der Waals surface area contributed by atoms with Crippen molar-refractivity contribution < 1.29 is 37.2 Å². The number of amides is 2. The lowest BCUT2D eigenvalue weighted by Crippen LogP contribution is -2.57. The van der Waals surface area contributed by atoms with Gasteiger partial charge in [0.2, 0.25) is 5.91 Å². The molecule has 2 heterocycles. The SMILES string of the molecule is CCCCCCCCCCC(C(=O)OC(F)(F)F)C1C=CC2C(=O)N(c3ccccc3)C(=O)[C@H]2N1Nc1ccc([N+](=O)[O-])cc1. The van der Waals surface area contributed by atoms with Crippen LogP contribution in [0.3, 0.4) is 0 Å². The molecule has 2 aromatic carbocycles. The first kappa shape index (κ1) is 33.6. The summed E-state index contributed by atoms with van der Waals surface area (Å²) in [5.41, 5.74) is 3.39. The van der Waals surface area contributed by atoms with Crippen LogP contribution in [0.25, 0.3) is 0 Å². The summed E-state index contributed by atoms with van der Waals surface area (Å²) < 4.78 is 43.8. The number of para-hydroxylation sites is 1. The van der Waals surface area contributed by atoms with Gasteiger partial charge in [-0.05, 0) is 30.7 Å². The van der Waals surface area contributed by atoms with Crippen molar-refractivity contribution in [2.24, 2.45) is 11.8 Å². The summed E-state index contributed by atoms with van der Waals surface area (Å²) in [6.07, 6.45) is 5.16. The minimum atomic E-state index is -5.21. The normalized spacial score (nSPS) is 20.6. The van der Waals surface area contributed by atoms with Crippen LogP contribution in [-0.2, 0) is 19.1 Å². The number of halogens is 3. The highest BCUT2D eigenvalue weighted by molar-refractivity contribution is 6.24. The summed E-state index contributed by atoms with van der Waals surface area (Å²) in [4.78, 5) is 52.0. The van der Waals surface area contributed by atoms with Crippen LogP contribution in [0.15, 0.2) is 66.7 Å². The molecule has 2 amide bonds. The second-order valence-corrected chi connectivity index (χ2v) is 11.3. The zero-order chi connectivity index (χ0) is 32.6. The first-order chi connectivity index (χ1) is 21.5. The Balaban J connectivity index is 1.64. The van der Waals surface area contributed by atoms with E-state index in [-0.39, 0.29) is 17.8 Å². The fraction of sp³-hybridized carbons (Fsp3) is 0.469. The van der Waals surface area contributed by atoms with Crippen molar-refractivity contribution >= 4 is 34.8 Å². The van der Waals surface area contributed by atoms with Gasteiger partial charge in [0.15, 0.2) is 0 Å². The van der Waals surface area contributed by atoms with Crippen molar-refractivity contribution in [3.8, 4) is 0 Å². The van der Waals surface area contributed by atoms with Gasteiger partial charge in [0.05, 0.1) is 28.5 Å². The van der Waals surface area contributed by atoms with Crippen molar-refractivity contribution in [2.45, 2.75) is 83.2 Å². The van der Waals surface area contributed by atoms with E-state index in [1.54, 1.807) is 30.3 Å². The summed E-state index contributed by atoms with van der Waals surface area (Å²) in [6.45, 7) is 2.12. The number of esters is 1. The fourth-order valence-corrected chi connectivity index (χ4v) is 5.90. The molecule has 0 bridgehead atoms. The van der Waals surface area contributed by atoms with E-state index in [4.69, 9.17) is 0 Å². The van der Waals surface area contributed by atoms with E-state index in [2.05, 4.69) is 17.1 Å². The van der Waals surface area contributed by atoms with E-state index in [0.717, 1.165) is 43.4 Å². The Morgan fingerprint density at radius 2 is 1.56 bits per heavy atom. The van der Waals surface area contributed by atoms with Gasteiger partial charge in [-0.1, -0.05) is 88.6 Å². The van der Waals surface area contributed by atoms with Crippen LogP contribution in [0.5, 0.6) is 0 Å². The van der Waals surface area contributed by atoms with Crippen molar-refractivity contribution in [3.05, 3.63) is 76.9 Å². The maximum Gasteiger partial charge on any atom is 0.575 e. The third-order valence-electron chi connectivity index (χ3n) is 8.11. The van der Waals surface area contributed by atoms with Gasteiger partial charge in [-0.2, -0.15) is 0 Å². The average molecular weight is 631 g/mol. The molecular weight excluding hydrogens is 593 g/mol. The monoisotopic (exact) mass is 630 g/mol. The number of anilines is 2. The Morgan fingerprint density at radius 3 is 2.16 bits per heavy atom. The van der Waals surface area contributed by atoms with Gasteiger partial charge in [-0.3, -0.25) is 24.5 Å².